The molecule has 0 saturated heterocycles. The van der Waals surface area contributed by atoms with Crippen LogP contribution >= 0.6 is 11.8 Å². The predicted octanol–water partition coefficient (Wildman–Crippen LogP) is 2.24. The van der Waals surface area contributed by atoms with Gasteiger partial charge in [0.25, 0.3) is 0 Å². The fourth-order valence-corrected chi connectivity index (χ4v) is 3.37. The van der Waals surface area contributed by atoms with Gasteiger partial charge in [0, 0.05) is 23.7 Å². The van der Waals surface area contributed by atoms with Gasteiger partial charge in [0.1, 0.15) is 0 Å². The number of H-pyrrole nitrogens is 1. The van der Waals surface area contributed by atoms with Crippen LogP contribution in [0.3, 0.4) is 0 Å². The van der Waals surface area contributed by atoms with E-state index in [1.54, 1.807) is 6.20 Å². The molecule has 15 heavy (non-hydrogen) atoms. The number of aromatic nitrogens is 2. The minimum atomic E-state index is 0.0222. The lowest BCUT2D eigenvalue weighted by molar-refractivity contribution is 0.355. The second-order valence-electron chi connectivity index (χ2n) is 4.34. The van der Waals surface area contributed by atoms with Gasteiger partial charge in [-0.1, -0.05) is 19.3 Å². The lowest BCUT2D eigenvalue weighted by atomic mass is 9.88. The zero-order valence-corrected chi connectivity index (χ0v) is 9.98. The second-order valence-corrected chi connectivity index (χ2v) is 5.62. The van der Waals surface area contributed by atoms with Crippen molar-refractivity contribution in [2.24, 2.45) is 0 Å². The molecule has 1 aliphatic carbocycles. The van der Waals surface area contributed by atoms with Crippen molar-refractivity contribution in [2.45, 2.75) is 43.4 Å². The summed E-state index contributed by atoms with van der Waals surface area (Å²) in [6.45, 7) is 0.858. The Balaban J connectivity index is 2.14. The molecule has 1 aromatic rings. The predicted molar refractivity (Wildman–Crippen MR) is 64.4 cm³/mol. The van der Waals surface area contributed by atoms with E-state index >= 15 is 0 Å². The number of aromatic amines is 1. The van der Waals surface area contributed by atoms with E-state index in [9.17, 15) is 4.79 Å². The highest BCUT2D eigenvalue weighted by Crippen LogP contribution is 2.39. The van der Waals surface area contributed by atoms with Crippen molar-refractivity contribution in [1.82, 2.24) is 9.55 Å². The number of hydrogen-bond acceptors (Lipinski definition) is 2. The Morgan fingerprint density at radius 2 is 2.20 bits per heavy atom. The summed E-state index contributed by atoms with van der Waals surface area (Å²) in [5, 5.41) is 0. The van der Waals surface area contributed by atoms with Crippen molar-refractivity contribution in [1.29, 1.82) is 0 Å². The van der Waals surface area contributed by atoms with Crippen LogP contribution < -0.4 is 5.69 Å². The quantitative estimate of drug-likeness (QED) is 0.858. The van der Waals surface area contributed by atoms with Gasteiger partial charge in [-0.15, -0.1) is 0 Å². The van der Waals surface area contributed by atoms with Crippen LogP contribution in [0.5, 0.6) is 0 Å². The van der Waals surface area contributed by atoms with E-state index in [4.69, 9.17) is 0 Å². The smallest absolute Gasteiger partial charge is 0.313 e. The molecule has 0 bridgehead atoms. The van der Waals surface area contributed by atoms with E-state index < -0.39 is 0 Å². The summed E-state index contributed by atoms with van der Waals surface area (Å²) >= 11 is 1.93. The first kappa shape index (κ1) is 10.9. The Morgan fingerprint density at radius 1 is 1.47 bits per heavy atom. The molecule has 1 heterocycles. The molecule has 0 spiro atoms. The Labute approximate surface area is 94.3 Å². The molecule has 0 unspecified atom stereocenters. The molecular formula is C11H18N2OS. The van der Waals surface area contributed by atoms with Crippen LogP contribution in [-0.4, -0.2) is 20.6 Å². The zero-order chi connectivity index (χ0) is 10.7. The van der Waals surface area contributed by atoms with Gasteiger partial charge in [0.15, 0.2) is 0 Å². The van der Waals surface area contributed by atoms with Gasteiger partial charge in [-0.3, -0.25) is 4.57 Å². The molecule has 0 amide bonds. The van der Waals surface area contributed by atoms with Crippen molar-refractivity contribution < 1.29 is 0 Å². The maximum absolute atomic E-state index is 11.4. The van der Waals surface area contributed by atoms with Gasteiger partial charge in [-0.25, -0.2) is 4.79 Å². The van der Waals surface area contributed by atoms with Crippen LogP contribution in [0, 0.1) is 0 Å². The standard InChI is InChI=1S/C11H18N2OS/c1-15-11(5-3-2-4-6-11)9-13-8-7-12-10(13)14/h7-8H,2-6,9H2,1H3,(H,12,14). The first-order valence-corrected chi connectivity index (χ1v) is 6.77. The maximum Gasteiger partial charge on any atom is 0.325 e. The number of imidazole rings is 1. The number of rotatable bonds is 3. The van der Waals surface area contributed by atoms with E-state index in [2.05, 4.69) is 11.2 Å². The molecule has 0 atom stereocenters. The van der Waals surface area contributed by atoms with Crippen LogP contribution in [0.25, 0.3) is 0 Å². The Kier molecular flexibility index (Phi) is 3.24. The van der Waals surface area contributed by atoms with Gasteiger partial charge >= 0.3 is 5.69 Å². The van der Waals surface area contributed by atoms with E-state index in [0.29, 0.717) is 4.75 Å². The van der Waals surface area contributed by atoms with Gasteiger partial charge in [-0.05, 0) is 19.1 Å². The molecule has 0 radical (unpaired) electrons. The molecule has 2 rings (SSSR count). The van der Waals surface area contributed by atoms with Crippen LogP contribution in [0.15, 0.2) is 17.2 Å². The third kappa shape index (κ3) is 2.30. The molecule has 1 aromatic heterocycles. The number of nitrogens with one attached hydrogen (secondary N) is 1. The molecule has 84 valence electrons. The summed E-state index contributed by atoms with van der Waals surface area (Å²) in [7, 11) is 0. The van der Waals surface area contributed by atoms with E-state index in [0.717, 1.165) is 6.54 Å². The minimum Gasteiger partial charge on any atom is -0.313 e. The first-order chi connectivity index (χ1) is 7.26. The molecule has 3 nitrogen and oxygen atoms in total. The van der Waals surface area contributed by atoms with Gasteiger partial charge in [0.05, 0.1) is 0 Å². The largest absolute Gasteiger partial charge is 0.325 e. The summed E-state index contributed by atoms with van der Waals surface area (Å²) in [6.07, 6.45) is 12.2. The SMILES string of the molecule is CSC1(Cn2cc[nH]c2=O)CCCCC1. The highest BCUT2D eigenvalue weighted by Gasteiger charge is 2.31. The molecule has 0 aromatic carbocycles. The van der Waals surface area contributed by atoms with Gasteiger partial charge in [-0.2, -0.15) is 11.8 Å². The molecular weight excluding hydrogens is 208 g/mol. The summed E-state index contributed by atoms with van der Waals surface area (Å²) < 4.78 is 2.10. The highest BCUT2D eigenvalue weighted by molar-refractivity contribution is 8.00. The van der Waals surface area contributed by atoms with Crippen LogP contribution in [-0.2, 0) is 6.54 Å². The van der Waals surface area contributed by atoms with Crippen molar-refractivity contribution in [3.05, 3.63) is 22.9 Å². The molecule has 1 N–H and O–H groups in total. The monoisotopic (exact) mass is 226 g/mol. The van der Waals surface area contributed by atoms with E-state index in [1.807, 2.05) is 22.5 Å². The lowest BCUT2D eigenvalue weighted by Crippen LogP contribution is -2.36. The van der Waals surface area contributed by atoms with Crippen molar-refractivity contribution in [3.63, 3.8) is 0 Å². The molecule has 1 aliphatic rings. The Morgan fingerprint density at radius 3 is 2.73 bits per heavy atom. The third-order valence-corrected chi connectivity index (χ3v) is 4.78. The summed E-state index contributed by atoms with van der Waals surface area (Å²) in [6, 6.07) is 0. The van der Waals surface area contributed by atoms with Crippen molar-refractivity contribution >= 4 is 11.8 Å². The summed E-state index contributed by atoms with van der Waals surface area (Å²) in [5.74, 6) is 0. The van der Waals surface area contributed by atoms with Crippen LogP contribution in [0.2, 0.25) is 0 Å². The normalized spacial score (nSPS) is 20.3. The van der Waals surface area contributed by atoms with Crippen LogP contribution in [0.1, 0.15) is 32.1 Å². The molecule has 1 fully saturated rings. The molecule has 4 heteroatoms. The van der Waals surface area contributed by atoms with Crippen LogP contribution in [0.4, 0.5) is 0 Å². The third-order valence-electron chi connectivity index (χ3n) is 3.38. The average Bonchev–Trinajstić information content (AvgIpc) is 2.66. The maximum atomic E-state index is 11.4. The Hall–Kier alpha value is -0.640. The number of hydrogen-bond donors (Lipinski definition) is 1. The lowest BCUT2D eigenvalue weighted by Gasteiger charge is -2.35. The number of thioether (sulfide) groups is 1. The molecule has 1 saturated carbocycles. The summed E-state index contributed by atoms with van der Waals surface area (Å²) in [4.78, 5) is 14.1. The Bertz CT molecular complexity index is 363. The van der Waals surface area contributed by atoms with Crippen molar-refractivity contribution in [2.75, 3.05) is 6.26 Å². The van der Waals surface area contributed by atoms with E-state index in [-0.39, 0.29) is 5.69 Å². The zero-order valence-electron chi connectivity index (χ0n) is 9.16. The summed E-state index contributed by atoms with van der Waals surface area (Å²) in [5.41, 5.74) is 0.0222. The molecule has 0 aliphatic heterocycles. The van der Waals surface area contributed by atoms with Crippen molar-refractivity contribution in [3.8, 4) is 0 Å². The van der Waals surface area contributed by atoms with E-state index in [1.165, 1.54) is 32.1 Å². The fraction of sp³-hybridized carbons (Fsp3) is 0.727. The highest BCUT2D eigenvalue weighted by atomic mass is 32.2. The minimum absolute atomic E-state index is 0.0222. The number of nitrogens with zero attached hydrogens (tertiary/aromatic N) is 1. The van der Waals surface area contributed by atoms with Gasteiger partial charge < -0.3 is 4.98 Å². The second kappa shape index (κ2) is 4.47. The average molecular weight is 226 g/mol. The fourth-order valence-electron chi connectivity index (χ4n) is 2.41. The first-order valence-electron chi connectivity index (χ1n) is 5.55. The van der Waals surface area contributed by atoms with Gasteiger partial charge in [0.2, 0.25) is 0 Å². The topological polar surface area (TPSA) is 37.8 Å².